The highest BCUT2D eigenvalue weighted by Crippen LogP contribution is 2.52. The van der Waals surface area contributed by atoms with Gasteiger partial charge in [-0.2, -0.15) is 0 Å². The van der Waals surface area contributed by atoms with Crippen LogP contribution in [0.3, 0.4) is 0 Å². The Morgan fingerprint density at radius 1 is 0.478 bits per heavy atom. The zero-order valence-corrected chi connectivity index (χ0v) is 65.5. The van der Waals surface area contributed by atoms with Gasteiger partial charge < -0.3 is 57.4 Å². The fraction of sp³-hybridized carbons (Fsp3) is 0.294. The van der Waals surface area contributed by atoms with Crippen molar-refractivity contribution in [1.82, 2.24) is 39.4 Å². The van der Waals surface area contributed by atoms with E-state index in [1.54, 1.807) is 139 Å². The average Bonchev–Trinajstić information content (AvgIpc) is 1.66. The lowest BCUT2D eigenvalue weighted by atomic mass is 9.99. The number of hydrogen-bond acceptors (Lipinski definition) is 22. The summed E-state index contributed by atoms with van der Waals surface area (Å²) in [7, 11) is -7.66. The summed E-state index contributed by atoms with van der Waals surface area (Å²) < 4.78 is 108. The van der Waals surface area contributed by atoms with E-state index in [1.807, 2.05) is 70.5 Å². The van der Waals surface area contributed by atoms with Crippen molar-refractivity contribution < 1.29 is 93.6 Å². The fourth-order valence-corrected chi connectivity index (χ4v) is 17.4. The number of amides is 4. The first-order chi connectivity index (χ1) is 55.6. The number of hydrogen-bond donors (Lipinski definition) is 1. The molecule has 4 amide bonds. The molecule has 14 rings (SSSR count). The Labute approximate surface area is 663 Å². The zero-order valence-electron chi connectivity index (χ0n) is 63.7. The summed E-state index contributed by atoms with van der Waals surface area (Å²) in [5.74, 6) is -1.88. The zero-order chi connectivity index (χ0) is 80.8. The van der Waals surface area contributed by atoms with Gasteiger partial charge in [0.1, 0.15) is 51.8 Å². The number of carbonyl (C=O) groups is 6. The Hall–Kier alpha value is -11.6. The number of esters is 2. The van der Waals surface area contributed by atoms with E-state index in [0.29, 0.717) is 83.7 Å². The normalized spacial score (nSPS) is 15.9. The number of nitrogens with zero attached hydrogens (tertiary/aromatic N) is 8. The van der Waals surface area contributed by atoms with Crippen molar-refractivity contribution in [3.63, 3.8) is 0 Å². The lowest BCUT2D eigenvalue weighted by Gasteiger charge is -2.34. The molecule has 1 N–H and O–H groups in total. The van der Waals surface area contributed by atoms with Gasteiger partial charge in [0.25, 0.3) is 11.8 Å². The van der Waals surface area contributed by atoms with Gasteiger partial charge in [-0.1, -0.05) is 121 Å². The van der Waals surface area contributed by atoms with Crippen LogP contribution < -0.4 is 23.3 Å². The van der Waals surface area contributed by atoms with Gasteiger partial charge in [-0.05, 0) is 123 Å². The molecule has 4 atom stereocenters. The first-order valence-corrected chi connectivity index (χ1v) is 41.3. The molecular weight excluding hydrogens is 1520 g/mol. The van der Waals surface area contributed by atoms with E-state index >= 15 is 0 Å². The molecule has 115 heavy (non-hydrogen) atoms. The number of halogens is 2. The smallest absolute Gasteiger partial charge is 0.415 e. The first kappa shape index (κ1) is 81.4. The maximum absolute atomic E-state index is 14.6. The molecule has 2 aromatic heterocycles. The molecule has 0 aliphatic carbocycles. The topological polar surface area (TPSA) is 285 Å². The summed E-state index contributed by atoms with van der Waals surface area (Å²) in [5, 5.41) is 12.0. The molecule has 26 nitrogen and oxygen atoms in total. The predicted octanol–water partition coefficient (Wildman–Crippen LogP) is 14.6. The molecule has 2 unspecified atom stereocenters. The van der Waals surface area contributed by atoms with Gasteiger partial charge in [-0.25, -0.2) is 37.1 Å². The minimum absolute atomic E-state index is 0.0116. The number of piperazine rings is 2. The van der Waals surface area contributed by atoms with Crippen molar-refractivity contribution in [1.29, 1.82) is 0 Å². The number of para-hydroxylation sites is 2. The van der Waals surface area contributed by atoms with Gasteiger partial charge in [0.05, 0.1) is 49.8 Å². The van der Waals surface area contributed by atoms with Crippen LogP contribution in [0, 0.1) is 11.6 Å². The second kappa shape index (κ2) is 37.1. The van der Waals surface area contributed by atoms with Crippen molar-refractivity contribution in [3.05, 3.63) is 263 Å². The third kappa shape index (κ3) is 19.8. The monoisotopic (exact) mass is 1610 g/mol. The van der Waals surface area contributed by atoms with Gasteiger partial charge in [0.15, 0.2) is 23.7 Å². The van der Waals surface area contributed by atoms with Crippen LogP contribution in [0.2, 0.25) is 0 Å². The van der Waals surface area contributed by atoms with E-state index in [0.717, 1.165) is 16.7 Å². The number of aromatic nitrogens is 2. The van der Waals surface area contributed by atoms with Gasteiger partial charge in [0.2, 0.25) is 0 Å². The molecule has 6 heterocycles. The fourth-order valence-electron chi connectivity index (χ4n) is 13.9. The van der Waals surface area contributed by atoms with Crippen LogP contribution in [0.15, 0.2) is 207 Å². The third-order valence-corrected chi connectivity index (χ3v) is 23.5. The number of benzene rings is 8. The second-order valence-electron chi connectivity index (χ2n) is 27.6. The van der Waals surface area contributed by atoms with Crippen LogP contribution >= 0.6 is 15.2 Å². The summed E-state index contributed by atoms with van der Waals surface area (Å²) >= 11 is 0. The number of pyridine rings is 2. The van der Waals surface area contributed by atoms with E-state index in [9.17, 15) is 51.8 Å². The van der Waals surface area contributed by atoms with Crippen LogP contribution in [0.4, 0.5) is 18.4 Å². The molecule has 598 valence electrons. The largest absolute Gasteiger partial charge is 0.505 e. The molecule has 0 radical (unpaired) electrons. The van der Waals surface area contributed by atoms with Crippen LogP contribution in [0.1, 0.15) is 87.9 Å². The molecule has 10 aromatic rings. The van der Waals surface area contributed by atoms with Crippen molar-refractivity contribution in [3.8, 4) is 34.5 Å². The molecule has 4 aliphatic heterocycles. The summed E-state index contributed by atoms with van der Waals surface area (Å²) in [6.45, 7) is 10.5. The minimum Gasteiger partial charge on any atom is -0.505 e. The van der Waals surface area contributed by atoms with E-state index in [4.69, 9.17) is 46.8 Å². The quantitative estimate of drug-likeness (QED) is 0.0352. The highest BCUT2D eigenvalue weighted by atomic mass is 31.2. The van der Waals surface area contributed by atoms with E-state index in [2.05, 4.69) is 4.98 Å². The minimum atomic E-state index is -3.85. The van der Waals surface area contributed by atoms with Gasteiger partial charge in [-0.15, -0.1) is 0 Å². The van der Waals surface area contributed by atoms with E-state index in [-0.39, 0.29) is 129 Å². The van der Waals surface area contributed by atoms with Crippen LogP contribution in [-0.2, 0) is 63.4 Å². The lowest BCUT2D eigenvalue weighted by Crippen LogP contribution is -2.50. The number of rotatable bonds is 28. The molecule has 30 heteroatoms. The summed E-state index contributed by atoms with van der Waals surface area (Å²) in [6, 6.07) is 55.2. The standard InChI is InChI=1S/C49H48FN4O9P.C36H38FN4O9P/c1-3-59-48(56)34(2)62-64(58,63-39-18-11-6-12-19-39)31-30-52-26-28-53(29-27-52)49(57)61-45-40-20-13-25-51-43(40)46(60-44(36-14-7-4-8-15-36)37-16-9-5-10-17-37)42-41(45)33-54(47(42)55)32-35-21-23-38(50)24-22-35;1-3-47-35(44)24(2)49-51(46,50-27-8-5-4-6-9-27)21-20-39-16-18-40(19-17-39)36(45)48-33-28-10-7-15-38-31(28)32(42)30-29(33)23-41(34(30)43)22-25-11-13-26(37)14-12-25/h4-25,34,44H,3,26-33H2,1-2H3;4-15,24,42H,3,16-23H2,1-2H3/t34-,64?;24-,51?/m00/s1. The second-order valence-corrected chi connectivity index (χ2v) is 31.7. The maximum Gasteiger partial charge on any atom is 0.415 e. The number of phenols is 1. The van der Waals surface area contributed by atoms with Crippen molar-refractivity contribution >= 4 is 72.9 Å². The molecule has 0 bridgehead atoms. The Balaban J connectivity index is 0.000000206. The Kier molecular flexibility index (Phi) is 26.3. The number of phenolic OH excluding ortho intramolecular Hbond substituents is 1. The van der Waals surface area contributed by atoms with Gasteiger partial charge >= 0.3 is 39.3 Å². The molecule has 4 aliphatic rings. The maximum atomic E-state index is 14.6. The first-order valence-electron chi connectivity index (χ1n) is 37.8. The molecule has 2 saturated heterocycles. The van der Waals surface area contributed by atoms with Crippen LogP contribution in [0.5, 0.6) is 34.5 Å². The molecule has 0 saturated carbocycles. The predicted molar refractivity (Wildman–Crippen MR) is 422 cm³/mol. The summed E-state index contributed by atoms with van der Waals surface area (Å²) in [6.07, 6.45) is -1.05. The molecular formula is C85H86F2N8O18P2. The van der Waals surface area contributed by atoms with Crippen molar-refractivity contribution in [2.24, 2.45) is 0 Å². The number of carbonyl (C=O) groups excluding carboxylic acids is 6. The molecule has 8 aromatic carbocycles. The number of aromatic hydroxyl groups is 1. The Morgan fingerprint density at radius 2 is 0.861 bits per heavy atom. The highest BCUT2D eigenvalue weighted by molar-refractivity contribution is 7.54. The van der Waals surface area contributed by atoms with Crippen molar-refractivity contribution in [2.75, 3.05) is 91.0 Å². The van der Waals surface area contributed by atoms with E-state index in [1.165, 1.54) is 54.1 Å². The highest BCUT2D eigenvalue weighted by Gasteiger charge is 2.42. The Bertz CT molecular complexity index is 5190. The number of ether oxygens (including phenoxy) is 5. The van der Waals surface area contributed by atoms with Crippen molar-refractivity contribution in [2.45, 2.75) is 72.2 Å². The number of fused-ring (bicyclic) bond motifs is 4. The lowest BCUT2D eigenvalue weighted by molar-refractivity contribution is -0.151. The van der Waals surface area contributed by atoms with Gasteiger partial charge in [-0.3, -0.25) is 38.4 Å². The van der Waals surface area contributed by atoms with Crippen LogP contribution in [-0.4, -0.2) is 184 Å². The van der Waals surface area contributed by atoms with Gasteiger partial charge in [0, 0.05) is 113 Å². The summed E-state index contributed by atoms with van der Waals surface area (Å²) in [5.41, 5.74) is 4.70. The SMILES string of the molecule is CCOC(=O)[C@H](C)OP(=O)(CCN1CCN(C(=O)Oc2c3c(c(O)c4ncccc24)C(=O)N(Cc2ccc(F)cc2)C3)CC1)Oc1ccccc1.CCOC(=O)[C@H](C)OP(=O)(CCN1CCN(C(=O)Oc2c3c(c(OC(c4ccccc4)c4ccccc4)c4ncccc24)C(=O)N(Cc2ccc(F)cc2)C3)CC1)Oc1ccccc1. The molecule has 0 spiro atoms. The Morgan fingerprint density at radius 3 is 1.28 bits per heavy atom. The van der Waals surface area contributed by atoms with Crippen LogP contribution in [0.25, 0.3) is 21.8 Å². The van der Waals surface area contributed by atoms with E-state index < -0.39 is 69.4 Å². The molecule has 2 fully saturated rings. The summed E-state index contributed by atoms with van der Waals surface area (Å²) in [4.78, 5) is 99.8. The average molecular weight is 1610 g/mol. The third-order valence-electron chi connectivity index (χ3n) is 19.7.